The van der Waals surface area contributed by atoms with Crippen LogP contribution in [0.5, 0.6) is 11.5 Å². The number of rotatable bonds is 9. The number of carbonyl (C=O) groups is 1. The number of ether oxygens (including phenoxy) is 3. The van der Waals surface area contributed by atoms with Crippen molar-refractivity contribution >= 4 is 17.3 Å². The van der Waals surface area contributed by atoms with Crippen molar-refractivity contribution in [2.45, 2.75) is 71.3 Å². The first-order valence-electron chi connectivity index (χ1n) is 12.5. The largest absolute Gasteiger partial charge is 0.486 e. The molecular weight excluding hydrogens is 497 g/mol. The topological polar surface area (TPSA) is 60.9 Å². The molecule has 0 amide bonds. The average Bonchev–Trinajstić information content (AvgIpc) is 3.36. The van der Waals surface area contributed by atoms with Gasteiger partial charge in [-0.25, -0.2) is 9.18 Å². The molecule has 0 saturated heterocycles. The summed E-state index contributed by atoms with van der Waals surface area (Å²) in [5.74, 6) is -1.19. The lowest BCUT2D eigenvalue weighted by Crippen LogP contribution is -2.24. The van der Waals surface area contributed by atoms with Gasteiger partial charge in [-0.1, -0.05) is 6.07 Å². The first kappa shape index (κ1) is 27.3. The minimum atomic E-state index is -3.02. The molecule has 6 nitrogen and oxygen atoms in total. The summed E-state index contributed by atoms with van der Waals surface area (Å²) in [4.78, 5) is 18.7. The van der Waals surface area contributed by atoms with Crippen LogP contribution in [0.25, 0.3) is 0 Å². The van der Waals surface area contributed by atoms with Crippen molar-refractivity contribution in [1.29, 1.82) is 0 Å². The third kappa shape index (κ3) is 7.40. The highest BCUT2D eigenvalue weighted by atomic mass is 19.3. The monoisotopic (exact) mass is 528 g/mol. The number of hydrogen-bond donors (Lipinski definition) is 0. The highest BCUT2D eigenvalue weighted by Gasteiger charge is 2.24. The zero-order chi connectivity index (χ0) is 27.3. The summed E-state index contributed by atoms with van der Waals surface area (Å²) >= 11 is 0. The fraction of sp³-hybridized carbons (Fsp3) is 0.379. The fourth-order valence-corrected chi connectivity index (χ4v) is 4.33. The number of halogens is 3. The molecule has 1 heterocycles. The van der Waals surface area contributed by atoms with Crippen molar-refractivity contribution in [1.82, 2.24) is 4.98 Å². The van der Waals surface area contributed by atoms with E-state index in [0.29, 0.717) is 11.4 Å². The van der Waals surface area contributed by atoms with Gasteiger partial charge in [0.15, 0.2) is 11.5 Å². The Kier molecular flexibility index (Phi) is 8.44. The van der Waals surface area contributed by atoms with Gasteiger partial charge in [0.05, 0.1) is 11.7 Å². The molecule has 1 fully saturated rings. The first-order chi connectivity index (χ1) is 18.1. The first-order valence-corrected chi connectivity index (χ1v) is 12.5. The number of alkyl halides is 2. The van der Waals surface area contributed by atoms with Gasteiger partial charge >= 0.3 is 12.6 Å². The normalized spacial score (nSPS) is 14.0. The predicted octanol–water partition coefficient (Wildman–Crippen LogP) is 7.44. The number of benzene rings is 2. The van der Waals surface area contributed by atoms with Crippen molar-refractivity contribution in [3.05, 3.63) is 77.9 Å². The van der Waals surface area contributed by atoms with Gasteiger partial charge in [-0.05, 0) is 88.4 Å². The molecule has 4 rings (SSSR count). The Morgan fingerprint density at radius 2 is 1.82 bits per heavy atom. The Hall–Kier alpha value is -3.75. The number of carbonyl (C=O) groups excluding carboxylic acids is 1. The van der Waals surface area contributed by atoms with Crippen LogP contribution in [0.4, 0.5) is 24.5 Å². The van der Waals surface area contributed by atoms with E-state index in [-0.39, 0.29) is 29.7 Å². The maximum absolute atomic E-state index is 14.8. The molecule has 1 aliphatic rings. The van der Waals surface area contributed by atoms with Crippen molar-refractivity contribution in [3.63, 3.8) is 0 Å². The second kappa shape index (κ2) is 11.8. The number of anilines is 2. The van der Waals surface area contributed by atoms with E-state index >= 15 is 0 Å². The van der Waals surface area contributed by atoms with Crippen LogP contribution in [0.1, 0.15) is 62.4 Å². The molecule has 1 aliphatic carbocycles. The molecule has 1 saturated carbocycles. The molecular formula is C29H31F3N2O4. The van der Waals surface area contributed by atoms with Crippen LogP contribution in [0.15, 0.2) is 60.9 Å². The zero-order valence-corrected chi connectivity index (χ0v) is 21.6. The van der Waals surface area contributed by atoms with Gasteiger partial charge in [-0.2, -0.15) is 8.78 Å². The molecule has 0 bridgehead atoms. The molecule has 9 heteroatoms. The summed E-state index contributed by atoms with van der Waals surface area (Å²) in [5, 5.41) is 0. The van der Waals surface area contributed by atoms with Gasteiger partial charge in [0.1, 0.15) is 11.4 Å². The van der Waals surface area contributed by atoms with Gasteiger partial charge < -0.3 is 19.1 Å². The second-order valence-corrected chi connectivity index (χ2v) is 10.2. The number of hydrogen-bond acceptors (Lipinski definition) is 6. The summed E-state index contributed by atoms with van der Waals surface area (Å²) in [6.07, 6.45) is 6.84. The van der Waals surface area contributed by atoms with E-state index in [2.05, 4.69) is 4.98 Å². The average molecular weight is 529 g/mol. The summed E-state index contributed by atoms with van der Waals surface area (Å²) in [6.45, 7) is 2.43. The Morgan fingerprint density at radius 1 is 1.05 bits per heavy atom. The van der Waals surface area contributed by atoms with Crippen LogP contribution in [0.2, 0.25) is 0 Å². The summed E-state index contributed by atoms with van der Waals surface area (Å²) in [5.41, 5.74) is 0.993. The third-order valence-corrected chi connectivity index (χ3v) is 5.94. The maximum atomic E-state index is 14.8. The molecule has 0 spiro atoms. The Morgan fingerprint density at radius 3 is 2.47 bits per heavy atom. The molecule has 0 aliphatic heterocycles. The lowest BCUT2D eigenvalue weighted by molar-refractivity contribution is -0.0520. The molecule has 0 atom stereocenters. The van der Waals surface area contributed by atoms with Gasteiger partial charge in [0.2, 0.25) is 0 Å². The lowest BCUT2D eigenvalue weighted by atomic mass is 10.1. The van der Waals surface area contributed by atoms with Crippen molar-refractivity contribution in [2.75, 3.05) is 4.90 Å². The standard InChI is InChI=1S/C29H31F3N2O4/c1-29(2,3)38-27(35)20-13-21(30)15-23(14-20)34(18-19-7-6-12-33-17-19)22-10-11-25(37-28(31)32)26(16-22)36-24-8-4-5-9-24/h6-7,10-17,24,28H,4-5,8-9,18H2,1-3H3. The summed E-state index contributed by atoms with van der Waals surface area (Å²) < 4.78 is 57.3. The summed E-state index contributed by atoms with van der Waals surface area (Å²) in [6, 6.07) is 12.2. The van der Waals surface area contributed by atoms with Crippen molar-refractivity contribution < 1.29 is 32.2 Å². The number of aromatic nitrogens is 1. The Bertz CT molecular complexity index is 1240. The molecule has 1 aromatic heterocycles. The number of nitrogens with zero attached hydrogens (tertiary/aromatic N) is 2. The van der Waals surface area contributed by atoms with E-state index in [4.69, 9.17) is 14.2 Å². The molecule has 202 valence electrons. The zero-order valence-electron chi connectivity index (χ0n) is 21.6. The molecule has 0 N–H and O–H groups in total. The van der Waals surface area contributed by atoms with Crippen LogP contribution < -0.4 is 14.4 Å². The van der Waals surface area contributed by atoms with Crippen LogP contribution in [0.3, 0.4) is 0 Å². The van der Waals surface area contributed by atoms with Crippen molar-refractivity contribution in [3.8, 4) is 11.5 Å². The SMILES string of the molecule is CC(C)(C)OC(=O)c1cc(F)cc(N(Cc2cccnc2)c2ccc(OC(F)F)c(OC3CCCC3)c2)c1. The van der Waals surface area contributed by atoms with Gasteiger partial charge in [-0.3, -0.25) is 4.98 Å². The van der Waals surface area contributed by atoms with Crippen LogP contribution >= 0.6 is 0 Å². The number of esters is 1. The predicted molar refractivity (Wildman–Crippen MR) is 138 cm³/mol. The lowest BCUT2D eigenvalue weighted by Gasteiger charge is -2.27. The van der Waals surface area contributed by atoms with Crippen LogP contribution in [-0.4, -0.2) is 29.3 Å². The fourth-order valence-electron chi connectivity index (χ4n) is 4.33. The maximum Gasteiger partial charge on any atom is 0.387 e. The van der Waals surface area contributed by atoms with E-state index in [1.807, 2.05) is 6.07 Å². The summed E-state index contributed by atoms with van der Waals surface area (Å²) in [7, 11) is 0. The molecule has 3 aromatic rings. The van der Waals surface area contributed by atoms with Crippen molar-refractivity contribution in [2.24, 2.45) is 0 Å². The second-order valence-electron chi connectivity index (χ2n) is 10.2. The van der Waals surface area contributed by atoms with E-state index in [1.165, 1.54) is 18.2 Å². The smallest absolute Gasteiger partial charge is 0.387 e. The van der Waals surface area contributed by atoms with E-state index < -0.39 is 24.0 Å². The van der Waals surface area contributed by atoms with E-state index in [1.54, 1.807) is 56.3 Å². The van der Waals surface area contributed by atoms with Crippen LogP contribution in [0, 0.1) is 5.82 Å². The van der Waals surface area contributed by atoms with E-state index in [9.17, 15) is 18.0 Å². The Balaban J connectivity index is 1.77. The minimum absolute atomic E-state index is 0.0474. The quantitative estimate of drug-likeness (QED) is 0.269. The molecule has 0 unspecified atom stereocenters. The highest BCUT2D eigenvalue weighted by molar-refractivity contribution is 5.91. The molecule has 38 heavy (non-hydrogen) atoms. The van der Waals surface area contributed by atoms with E-state index in [0.717, 1.165) is 37.3 Å². The van der Waals surface area contributed by atoms with Gasteiger partial charge in [0, 0.05) is 36.4 Å². The molecule has 2 aromatic carbocycles. The van der Waals surface area contributed by atoms with Gasteiger partial charge in [0.25, 0.3) is 0 Å². The van der Waals surface area contributed by atoms with Gasteiger partial charge in [-0.15, -0.1) is 0 Å². The Labute approximate surface area is 220 Å². The minimum Gasteiger partial charge on any atom is -0.486 e. The molecule has 0 radical (unpaired) electrons. The highest BCUT2D eigenvalue weighted by Crippen LogP contribution is 2.39. The number of pyridine rings is 1. The van der Waals surface area contributed by atoms with Crippen LogP contribution in [-0.2, 0) is 11.3 Å². The third-order valence-electron chi connectivity index (χ3n) is 5.94.